The minimum Gasteiger partial charge on any atom is -0.297 e. The molecular weight excluding hydrogens is 210 g/mol. The van der Waals surface area contributed by atoms with Crippen molar-refractivity contribution < 1.29 is 0 Å². The van der Waals surface area contributed by atoms with Crippen molar-refractivity contribution in [3.05, 3.63) is 42.4 Å². The van der Waals surface area contributed by atoms with E-state index in [0.29, 0.717) is 0 Å². The molecule has 3 rings (SSSR count). The Hall–Kier alpha value is -1.90. The Morgan fingerprint density at radius 1 is 1.12 bits per heavy atom. The van der Waals surface area contributed by atoms with Crippen molar-refractivity contribution in [1.29, 1.82) is 0 Å². The van der Waals surface area contributed by atoms with Crippen LogP contribution in [0.3, 0.4) is 0 Å². The van der Waals surface area contributed by atoms with E-state index >= 15 is 0 Å². The molecule has 0 unspecified atom stereocenters. The summed E-state index contributed by atoms with van der Waals surface area (Å²) < 4.78 is 2.11. The lowest BCUT2D eigenvalue weighted by Crippen LogP contribution is -2.14. The SMILES string of the molecule is CC(C)(C)c1cn2c(cn1)nc1ccccc12. The number of hydrogen-bond acceptors (Lipinski definition) is 2. The van der Waals surface area contributed by atoms with Gasteiger partial charge >= 0.3 is 0 Å². The Kier molecular flexibility index (Phi) is 1.99. The number of aromatic nitrogens is 3. The highest BCUT2D eigenvalue weighted by molar-refractivity contribution is 5.80. The minimum atomic E-state index is 0.0551. The number of fused-ring (bicyclic) bond motifs is 3. The van der Waals surface area contributed by atoms with Gasteiger partial charge in [-0.3, -0.25) is 9.38 Å². The van der Waals surface area contributed by atoms with Crippen molar-refractivity contribution in [2.24, 2.45) is 0 Å². The van der Waals surface area contributed by atoms with E-state index < -0.39 is 0 Å². The van der Waals surface area contributed by atoms with Crippen molar-refractivity contribution >= 4 is 16.7 Å². The van der Waals surface area contributed by atoms with Crippen LogP contribution >= 0.6 is 0 Å². The fourth-order valence-electron chi connectivity index (χ4n) is 1.96. The maximum Gasteiger partial charge on any atom is 0.156 e. The fourth-order valence-corrected chi connectivity index (χ4v) is 1.96. The van der Waals surface area contributed by atoms with Gasteiger partial charge in [0, 0.05) is 11.6 Å². The summed E-state index contributed by atoms with van der Waals surface area (Å²) in [5.74, 6) is 0. The molecule has 3 heteroatoms. The third-order valence-electron chi connectivity index (χ3n) is 2.96. The first kappa shape index (κ1) is 10.3. The molecule has 2 heterocycles. The van der Waals surface area contributed by atoms with Crippen LogP contribution in [0.2, 0.25) is 0 Å². The predicted octanol–water partition coefficient (Wildman–Crippen LogP) is 3.18. The van der Waals surface area contributed by atoms with Crippen LogP contribution in [0.15, 0.2) is 36.7 Å². The van der Waals surface area contributed by atoms with E-state index in [1.54, 1.807) is 0 Å². The van der Waals surface area contributed by atoms with Crippen molar-refractivity contribution in [1.82, 2.24) is 14.4 Å². The van der Waals surface area contributed by atoms with Gasteiger partial charge in [0.15, 0.2) is 5.65 Å². The molecule has 2 aromatic heterocycles. The average molecular weight is 225 g/mol. The summed E-state index contributed by atoms with van der Waals surface area (Å²) in [4.78, 5) is 9.03. The third-order valence-corrected chi connectivity index (χ3v) is 2.96. The van der Waals surface area contributed by atoms with Gasteiger partial charge in [-0.1, -0.05) is 32.9 Å². The number of para-hydroxylation sites is 2. The molecule has 0 saturated carbocycles. The molecular formula is C14H15N3. The number of hydrogen-bond donors (Lipinski definition) is 0. The average Bonchev–Trinajstić information content (AvgIpc) is 2.65. The van der Waals surface area contributed by atoms with Crippen molar-refractivity contribution in [2.45, 2.75) is 26.2 Å². The topological polar surface area (TPSA) is 30.2 Å². The molecule has 17 heavy (non-hydrogen) atoms. The first-order valence-electron chi connectivity index (χ1n) is 5.79. The summed E-state index contributed by atoms with van der Waals surface area (Å²) in [6.07, 6.45) is 3.94. The number of imidazole rings is 1. The van der Waals surface area contributed by atoms with Crippen LogP contribution in [0.1, 0.15) is 26.5 Å². The molecule has 1 aromatic carbocycles. The van der Waals surface area contributed by atoms with Gasteiger partial charge in [-0.15, -0.1) is 0 Å². The van der Waals surface area contributed by atoms with Gasteiger partial charge in [0.1, 0.15) is 0 Å². The number of nitrogens with zero attached hydrogens (tertiary/aromatic N) is 3. The van der Waals surface area contributed by atoms with E-state index in [9.17, 15) is 0 Å². The van der Waals surface area contributed by atoms with Gasteiger partial charge in [0.25, 0.3) is 0 Å². The molecule has 0 aliphatic rings. The molecule has 0 N–H and O–H groups in total. The molecule has 0 aliphatic heterocycles. The molecule has 0 atom stereocenters. The highest BCUT2D eigenvalue weighted by atomic mass is 15.0. The zero-order valence-electron chi connectivity index (χ0n) is 10.3. The van der Waals surface area contributed by atoms with Crippen molar-refractivity contribution in [3.8, 4) is 0 Å². The zero-order chi connectivity index (χ0) is 12.0. The molecule has 86 valence electrons. The Morgan fingerprint density at radius 2 is 1.88 bits per heavy atom. The number of benzene rings is 1. The highest BCUT2D eigenvalue weighted by Gasteiger charge is 2.16. The maximum absolute atomic E-state index is 4.54. The first-order valence-corrected chi connectivity index (χ1v) is 5.79. The van der Waals surface area contributed by atoms with Gasteiger partial charge < -0.3 is 0 Å². The quantitative estimate of drug-likeness (QED) is 0.588. The lowest BCUT2D eigenvalue weighted by atomic mass is 9.93. The lowest BCUT2D eigenvalue weighted by Gasteiger charge is -2.17. The largest absolute Gasteiger partial charge is 0.297 e. The standard InChI is InChI=1S/C14H15N3/c1-14(2,3)12-9-17-11-7-5-4-6-10(11)16-13(17)8-15-12/h4-9H,1-3H3. The van der Waals surface area contributed by atoms with E-state index in [4.69, 9.17) is 0 Å². The van der Waals surface area contributed by atoms with Gasteiger partial charge in [-0.05, 0) is 12.1 Å². The molecule has 0 amide bonds. The number of rotatable bonds is 0. The monoisotopic (exact) mass is 225 g/mol. The molecule has 0 aliphatic carbocycles. The van der Waals surface area contributed by atoms with Crippen LogP contribution in [0.4, 0.5) is 0 Å². The summed E-state index contributed by atoms with van der Waals surface area (Å²) in [5, 5.41) is 0. The van der Waals surface area contributed by atoms with E-state index in [1.165, 1.54) is 0 Å². The molecule has 0 bridgehead atoms. The molecule has 0 radical (unpaired) electrons. The van der Waals surface area contributed by atoms with E-state index in [1.807, 2.05) is 24.4 Å². The Balaban J connectivity index is 2.38. The van der Waals surface area contributed by atoms with E-state index in [2.05, 4.69) is 47.4 Å². The van der Waals surface area contributed by atoms with Gasteiger partial charge in [0.2, 0.25) is 0 Å². The third kappa shape index (κ3) is 1.58. The second-order valence-corrected chi connectivity index (χ2v) is 5.35. The molecule has 0 fully saturated rings. The minimum absolute atomic E-state index is 0.0551. The first-order chi connectivity index (χ1) is 8.05. The highest BCUT2D eigenvalue weighted by Crippen LogP contribution is 2.22. The van der Waals surface area contributed by atoms with Crippen molar-refractivity contribution in [3.63, 3.8) is 0 Å². The van der Waals surface area contributed by atoms with Crippen molar-refractivity contribution in [2.75, 3.05) is 0 Å². The molecule has 3 aromatic rings. The maximum atomic E-state index is 4.54. The summed E-state index contributed by atoms with van der Waals surface area (Å²) >= 11 is 0. The zero-order valence-corrected chi connectivity index (χ0v) is 10.3. The predicted molar refractivity (Wildman–Crippen MR) is 69.2 cm³/mol. The Labute approximate surface area is 100 Å². The smallest absolute Gasteiger partial charge is 0.156 e. The van der Waals surface area contributed by atoms with E-state index in [-0.39, 0.29) is 5.41 Å². The van der Waals surface area contributed by atoms with Gasteiger partial charge in [-0.25, -0.2) is 4.98 Å². The summed E-state index contributed by atoms with van der Waals surface area (Å²) in [5.41, 5.74) is 4.18. The van der Waals surface area contributed by atoms with Crippen LogP contribution in [0.5, 0.6) is 0 Å². The van der Waals surface area contributed by atoms with Crippen LogP contribution < -0.4 is 0 Å². The fraction of sp³-hybridized carbons (Fsp3) is 0.286. The summed E-state index contributed by atoms with van der Waals surface area (Å²) in [6, 6.07) is 8.15. The Bertz CT molecular complexity index is 689. The second kappa shape index (κ2) is 3.29. The van der Waals surface area contributed by atoms with Crippen LogP contribution in [0, 0.1) is 0 Å². The second-order valence-electron chi connectivity index (χ2n) is 5.35. The van der Waals surface area contributed by atoms with Crippen LogP contribution in [-0.2, 0) is 5.41 Å². The molecule has 0 saturated heterocycles. The lowest BCUT2D eigenvalue weighted by molar-refractivity contribution is 0.565. The Morgan fingerprint density at radius 3 is 2.65 bits per heavy atom. The van der Waals surface area contributed by atoms with Crippen LogP contribution in [0.25, 0.3) is 16.7 Å². The molecule has 0 spiro atoms. The van der Waals surface area contributed by atoms with E-state index in [0.717, 1.165) is 22.4 Å². The molecule has 3 nitrogen and oxygen atoms in total. The summed E-state index contributed by atoms with van der Waals surface area (Å²) in [7, 11) is 0. The van der Waals surface area contributed by atoms with Crippen LogP contribution in [-0.4, -0.2) is 14.4 Å². The van der Waals surface area contributed by atoms with Gasteiger partial charge in [-0.2, -0.15) is 0 Å². The normalized spacial score (nSPS) is 12.4. The summed E-state index contributed by atoms with van der Waals surface area (Å²) in [6.45, 7) is 6.50. The van der Waals surface area contributed by atoms with Gasteiger partial charge in [0.05, 0.1) is 22.9 Å².